The van der Waals surface area contributed by atoms with Gasteiger partial charge in [-0.2, -0.15) is 5.10 Å². The molecule has 0 unspecified atom stereocenters. The van der Waals surface area contributed by atoms with Gasteiger partial charge >= 0.3 is 51.4 Å². The number of aromatic nitrogens is 3. The molecule has 5 nitrogen and oxygen atoms in total. The number of thiazole rings is 1. The second kappa shape index (κ2) is 6.00. The van der Waals surface area contributed by atoms with Gasteiger partial charge in [-0.05, 0) is 12.1 Å². The first-order valence-electron chi connectivity index (χ1n) is 4.95. The Morgan fingerprint density at radius 1 is 1.37 bits per heavy atom. The Bertz CT molecular complexity index is 755. The third-order valence-corrected chi connectivity index (χ3v) is 3.66. The van der Waals surface area contributed by atoms with Crippen LogP contribution in [0.15, 0.2) is 30.7 Å². The minimum absolute atomic E-state index is 0. The average molecular weight is 318 g/mol. The van der Waals surface area contributed by atoms with Crippen molar-refractivity contribution in [3.8, 4) is 10.4 Å². The Kier molecular flexibility index (Phi) is 4.77. The van der Waals surface area contributed by atoms with Crippen molar-refractivity contribution in [1.82, 2.24) is 14.6 Å². The molecule has 0 N–H and O–H groups in total. The number of carbonyl (C=O) groups excluding carboxylic acids is 1. The fraction of sp³-hybridized carbons (Fsp3) is 0. The van der Waals surface area contributed by atoms with Crippen molar-refractivity contribution < 1.29 is 61.3 Å². The SMILES string of the molecule is O=C([O-])c1ncc(-c2cnn3cc(Cl)ccc23)s1.[K+]. The average Bonchev–Trinajstić information content (AvgIpc) is 2.92. The van der Waals surface area contributed by atoms with Crippen LogP contribution >= 0.6 is 22.9 Å². The van der Waals surface area contributed by atoms with Crippen molar-refractivity contribution in [2.24, 2.45) is 0 Å². The first-order chi connectivity index (χ1) is 8.65. The number of halogens is 1. The van der Waals surface area contributed by atoms with Crippen LogP contribution in [0.4, 0.5) is 0 Å². The second-order valence-corrected chi connectivity index (χ2v) is 5.02. The molecule has 0 bridgehead atoms. The minimum atomic E-state index is -1.27. The summed E-state index contributed by atoms with van der Waals surface area (Å²) in [5.41, 5.74) is 1.66. The molecule has 0 amide bonds. The molecular formula is C11H5ClKN3O2S. The van der Waals surface area contributed by atoms with E-state index in [0.29, 0.717) is 5.02 Å². The summed E-state index contributed by atoms with van der Waals surface area (Å²) < 4.78 is 1.63. The van der Waals surface area contributed by atoms with Gasteiger partial charge in [-0.25, -0.2) is 9.50 Å². The molecular weight excluding hydrogens is 313 g/mol. The molecule has 0 fully saturated rings. The molecule has 0 radical (unpaired) electrons. The Morgan fingerprint density at radius 2 is 2.16 bits per heavy atom. The number of carboxylic acid groups (broad SMARTS) is 1. The summed E-state index contributed by atoms with van der Waals surface area (Å²) in [6.45, 7) is 0. The largest absolute Gasteiger partial charge is 1.00 e. The van der Waals surface area contributed by atoms with E-state index in [4.69, 9.17) is 11.6 Å². The number of rotatable bonds is 2. The molecule has 3 aromatic heterocycles. The van der Waals surface area contributed by atoms with Crippen molar-refractivity contribution >= 4 is 34.4 Å². The fourth-order valence-corrected chi connectivity index (χ4v) is 2.57. The van der Waals surface area contributed by atoms with E-state index in [9.17, 15) is 9.90 Å². The van der Waals surface area contributed by atoms with Crippen molar-refractivity contribution in [3.05, 3.63) is 40.8 Å². The Hall–Kier alpha value is -0.284. The number of aromatic carboxylic acids is 1. The van der Waals surface area contributed by atoms with Crippen LogP contribution in [0.5, 0.6) is 0 Å². The van der Waals surface area contributed by atoms with Crippen LogP contribution in [-0.2, 0) is 0 Å². The number of carboxylic acids is 1. The van der Waals surface area contributed by atoms with Crippen LogP contribution in [0.25, 0.3) is 16.0 Å². The zero-order valence-corrected chi connectivity index (χ0v) is 14.5. The van der Waals surface area contributed by atoms with E-state index in [1.807, 2.05) is 6.07 Å². The molecule has 0 aromatic carbocycles. The maximum atomic E-state index is 10.7. The van der Waals surface area contributed by atoms with E-state index in [-0.39, 0.29) is 56.4 Å². The molecule has 0 saturated heterocycles. The third kappa shape index (κ3) is 2.92. The second-order valence-electron chi connectivity index (χ2n) is 3.55. The topological polar surface area (TPSA) is 70.3 Å². The third-order valence-electron chi connectivity index (χ3n) is 2.43. The van der Waals surface area contributed by atoms with Crippen LogP contribution in [0.2, 0.25) is 5.02 Å². The molecule has 3 aromatic rings. The maximum Gasteiger partial charge on any atom is 1.00 e. The van der Waals surface area contributed by atoms with Gasteiger partial charge in [0.25, 0.3) is 0 Å². The van der Waals surface area contributed by atoms with Gasteiger partial charge in [-0.1, -0.05) is 11.6 Å². The molecule has 0 atom stereocenters. The predicted molar refractivity (Wildman–Crippen MR) is 65.6 cm³/mol. The van der Waals surface area contributed by atoms with E-state index < -0.39 is 5.97 Å². The zero-order valence-electron chi connectivity index (χ0n) is 9.83. The van der Waals surface area contributed by atoms with Crippen molar-refractivity contribution in [2.75, 3.05) is 0 Å². The summed E-state index contributed by atoms with van der Waals surface area (Å²) in [6, 6.07) is 3.58. The summed E-state index contributed by atoms with van der Waals surface area (Å²) in [7, 11) is 0. The molecule has 0 aliphatic rings. The van der Waals surface area contributed by atoms with Gasteiger partial charge in [-0.15, -0.1) is 11.3 Å². The monoisotopic (exact) mass is 317 g/mol. The number of nitrogens with zero attached hydrogens (tertiary/aromatic N) is 3. The van der Waals surface area contributed by atoms with Gasteiger partial charge in [0.2, 0.25) is 0 Å². The summed E-state index contributed by atoms with van der Waals surface area (Å²) in [6.07, 6.45) is 4.83. The van der Waals surface area contributed by atoms with Crippen LogP contribution in [0.3, 0.4) is 0 Å². The van der Waals surface area contributed by atoms with Crippen molar-refractivity contribution in [2.45, 2.75) is 0 Å². The van der Waals surface area contributed by atoms with Gasteiger partial charge in [0, 0.05) is 18.0 Å². The summed E-state index contributed by atoms with van der Waals surface area (Å²) in [4.78, 5) is 15.2. The Balaban J connectivity index is 0.00000133. The van der Waals surface area contributed by atoms with Crippen LogP contribution < -0.4 is 56.5 Å². The smallest absolute Gasteiger partial charge is 0.542 e. The first-order valence-corrected chi connectivity index (χ1v) is 6.15. The number of hydrogen-bond donors (Lipinski definition) is 0. The fourth-order valence-electron chi connectivity index (χ4n) is 1.64. The molecule has 8 heteroatoms. The van der Waals surface area contributed by atoms with Gasteiger partial charge in [-0.3, -0.25) is 0 Å². The van der Waals surface area contributed by atoms with Gasteiger partial charge < -0.3 is 9.90 Å². The normalized spacial score (nSPS) is 10.4. The quantitative estimate of drug-likeness (QED) is 0.538. The van der Waals surface area contributed by atoms with E-state index in [1.165, 1.54) is 6.20 Å². The molecule has 0 aliphatic carbocycles. The van der Waals surface area contributed by atoms with Crippen LogP contribution in [-0.4, -0.2) is 20.6 Å². The van der Waals surface area contributed by atoms with E-state index in [0.717, 1.165) is 27.3 Å². The maximum absolute atomic E-state index is 10.7. The number of hydrogen-bond acceptors (Lipinski definition) is 5. The minimum Gasteiger partial charge on any atom is -0.542 e. The summed E-state index contributed by atoms with van der Waals surface area (Å²) in [5, 5.41) is 15.4. The molecule has 3 heterocycles. The molecule has 0 spiro atoms. The molecule has 90 valence electrons. The summed E-state index contributed by atoms with van der Waals surface area (Å²) in [5.74, 6) is -1.27. The Labute approximate surface area is 159 Å². The first kappa shape index (κ1) is 15.1. The number of fused-ring (bicyclic) bond motifs is 1. The van der Waals surface area contributed by atoms with E-state index in [1.54, 1.807) is 23.0 Å². The predicted octanol–water partition coefficient (Wildman–Crippen LogP) is -1.52. The van der Waals surface area contributed by atoms with Gasteiger partial charge in [0.1, 0.15) is 11.0 Å². The van der Waals surface area contributed by atoms with Gasteiger partial charge in [0.15, 0.2) is 0 Å². The van der Waals surface area contributed by atoms with Crippen LogP contribution in [0, 0.1) is 0 Å². The molecule has 19 heavy (non-hydrogen) atoms. The Morgan fingerprint density at radius 3 is 2.84 bits per heavy atom. The standard InChI is InChI=1S/C11H6ClN3O2S.K/c12-6-1-2-8-7(3-14-15(8)5-6)9-4-13-10(18-9)11(16)17;/h1-5H,(H,16,17);/q;+1/p-1. The number of pyridine rings is 1. The van der Waals surface area contributed by atoms with E-state index >= 15 is 0 Å². The van der Waals surface area contributed by atoms with E-state index in [2.05, 4.69) is 10.1 Å². The zero-order chi connectivity index (χ0) is 12.7. The van der Waals surface area contributed by atoms with Crippen molar-refractivity contribution in [1.29, 1.82) is 0 Å². The molecule has 0 saturated carbocycles. The van der Waals surface area contributed by atoms with Crippen molar-refractivity contribution in [3.63, 3.8) is 0 Å². The molecule has 0 aliphatic heterocycles. The van der Waals surface area contributed by atoms with Crippen LogP contribution in [0.1, 0.15) is 9.80 Å². The van der Waals surface area contributed by atoms with Gasteiger partial charge in [0.05, 0.1) is 21.6 Å². The molecule has 3 rings (SSSR count). The number of carbonyl (C=O) groups is 1. The summed E-state index contributed by atoms with van der Waals surface area (Å²) >= 11 is 6.92.